The fourth-order valence-corrected chi connectivity index (χ4v) is 3.78. The predicted octanol–water partition coefficient (Wildman–Crippen LogP) is 2.99. The summed E-state index contributed by atoms with van der Waals surface area (Å²) in [5, 5.41) is 3.06. The second-order valence-corrected chi connectivity index (χ2v) is 7.66. The number of hydrogen-bond acceptors (Lipinski definition) is 4. The molecule has 0 unspecified atom stereocenters. The summed E-state index contributed by atoms with van der Waals surface area (Å²) in [6, 6.07) is 13.3. The van der Waals surface area contributed by atoms with E-state index in [4.69, 9.17) is 9.47 Å². The summed E-state index contributed by atoms with van der Waals surface area (Å²) in [6.45, 7) is 6.96. The lowest BCUT2D eigenvalue weighted by atomic mass is 9.93. The summed E-state index contributed by atoms with van der Waals surface area (Å²) >= 11 is 0. The second-order valence-electron chi connectivity index (χ2n) is 7.66. The van der Waals surface area contributed by atoms with E-state index in [-0.39, 0.29) is 24.8 Å². The molecule has 0 aliphatic carbocycles. The third-order valence-electron chi connectivity index (χ3n) is 5.35. The molecule has 152 valence electrons. The van der Waals surface area contributed by atoms with Crippen molar-refractivity contribution in [3.8, 4) is 11.5 Å². The van der Waals surface area contributed by atoms with Crippen LogP contribution in [0.3, 0.4) is 0 Å². The van der Waals surface area contributed by atoms with Crippen molar-refractivity contribution in [3.63, 3.8) is 0 Å². The van der Waals surface area contributed by atoms with Gasteiger partial charge in [-0.15, -0.1) is 0 Å². The Balaban J connectivity index is 1.49. The Morgan fingerprint density at radius 3 is 2.48 bits per heavy atom. The number of rotatable bonds is 6. The van der Waals surface area contributed by atoms with Crippen LogP contribution in [0.2, 0.25) is 0 Å². The van der Waals surface area contributed by atoms with Gasteiger partial charge in [-0.05, 0) is 50.6 Å². The molecular weight excluding hydrogens is 370 g/mol. The number of hydrogen-bond donors (Lipinski definition) is 1. The molecule has 1 amide bonds. The van der Waals surface area contributed by atoms with Crippen LogP contribution in [0.25, 0.3) is 11.0 Å². The van der Waals surface area contributed by atoms with Gasteiger partial charge in [0.05, 0.1) is 16.6 Å². The van der Waals surface area contributed by atoms with E-state index in [1.165, 1.54) is 0 Å². The van der Waals surface area contributed by atoms with Crippen molar-refractivity contribution in [1.29, 1.82) is 0 Å². The van der Waals surface area contributed by atoms with E-state index in [0.717, 1.165) is 16.6 Å². The number of imidazole rings is 1. The number of nitrogens with one attached hydrogen (secondary N) is 1. The summed E-state index contributed by atoms with van der Waals surface area (Å²) < 4.78 is 14.2. The van der Waals surface area contributed by atoms with Gasteiger partial charge in [0.1, 0.15) is 0 Å². The van der Waals surface area contributed by atoms with E-state index in [2.05, 4.69) is 5.32 Å². The molecule has 1 aliphatic rings. The van der Waals surface area contributed by atoms with Crippen LogP contribution in [0.1, 0.15) is 32.8 Å². The van der Waals surface area contributed by atoms with Crippen molar-refractivity contribution in [2.24, 2.45) is 0 Å². The Bertz CT molecular complexity index is 1130. The molecule has 1 aromatic heterocycles. The van der Waals surface area contributed by atoms with Gasteiger partial charge >= 0.3 is 5.69 Å². The van der Waals surface area contributed by atoms with Crippen molar-refractivity contribution in [2.45, 2.75) is 45.8 Å². The second kappa shape index (κ2) is 7.31. The molecule has 0 saturated heterocycles. The topological polar surface area (TPSA) is 74.5 Å². The lowest BCUT2D eigenvalue weighted by Crippen LogP contribution is -2.41. The van der Waals surface area contributed by atoms with Crippen molar-refractivity contribution in [3.05, 3.63) is 58.5 Å². The molecule has 0 spiro atoms. The highest BCUT2D eigenvalue weighted by Gasteiger charge is 2.26. The Kier molecular flexibility index (Phi) is 4.82. The highest BCUT2D eigenvalue weighted by atomic mass is 16.7. The lowest BCUT2D eigenvalue weighted by Gasteiger charge is -2.27. The lowest BCUT2D eigenvalue weighted by molar-refractivity contribution is -0.123. The van der Waals surface area contributed by atoms with E-state index in [9.17, 15) is 9.59 Å². The minimum atomic E-state index is -0.583. The number of amides is 1. The van der Waals surface area contributed by atoms with Gasteiger partial charge in [0.2, 0.25) is 12.7 Å². The zero-order chi connectivity index (χ0) is 20.6. The van der Waals surface area contributed by atoms with Crippen LogP contribution in [0.4, 0.5) is 0 Å². The average Bonchev–Trinajstić information content (AvgIpc) is 3.27. The molecule has 0 radical (unpaired) electrons. The van der Waals surface area contributed by atoms with Gasteiger partial charge in [0, 0.05) is 19.5 Å². The largest absolute Gasteiger partial charge is 0.454 e. The van der Waals surface area contributed by atoms with E-state index in [1.54, 1.807) is 9.13 Å². The van der Waals surface area contributed by atoms with Crippen LogP contribution in [-0.4, -0.2) is 21.8 Å². The minimum absolute atomic E-state index is 0.0865. The smallest absolute Gasteiger partial charge is 0.329 e. The van der Waals surface area contributed by atoms with Gasteiger partial charge in [0.25, 0.3) is 0 Å². The summed E-state index contributed by atoms with van der Waals surface area (Å²) in [4.78, 5) is 25.4. The van der Waals surface area contributed by atoms with E-state index in [1.807, 2.05) is 63.2 Å². The highest BCUT2D eigenvalue weighted by molar-refractivity contribution is 5.78. The standard InChI is InChI=1S/C22H25N3O4/c1-4-24-16-7-5-6-8-17(16)25(21(24)27)12-11-20(26)23-22(2,3)15-9-10-18-19(13-15)29-14-28-18/h5-10,13H,4,11-12,14H2,1-3H3,(H,23,26). The maximum atomic E-state index is 12.7. The minimum Gasteiger partial charge on any atom is -0.454 e. The first-order chi connectivity index (χ1) is 13.9. The van der Waals surface area contributed by atoms with Crippen LogP contribution < -0.4 is 20.5 Å². The molecule has 1 N–H and O–H groups in total. The molecule has 0 saturated carbocycles. The van der Waals surface area contributed by atoms with Gasteiger partial charge < -0.3 is 14.8 Å². The van der Waals surface area contributed by atoms with Crippen LogP contribution >= 0.6 is 0 Å². The molecule has 4 rings (SSSR count). The van der Waals surface area contributed by atoms with Gasteiger partial charge in [-0.2, -0.15) is 0 Å². The Hall–Kier alpha value is -3.22. The Morgan fingerprint density at radius 1 is 1.07 bits per heavy atom. The first kappa shape index (κ1) is 19.1. The molecule has 3 aromatic rings. The molecule has 29 heavy (non-hydrogen) atoms. The van der Waals surface area contributed by atoms with E-state index >= 15 is 0 Å². The number of carbonyl (C=O) groups excluding carboxylic acids is 1. The fourth-order valence-electron chi connectivity index (χ4n) is 3.78. The van der Waals surface area contributed by atoms with E-state index < -0.39 is 5.54 Å². The summed E-state index contributed by atoms with van der Waals surface area (Å²) in [6.07, 6.45) is 0.214. The number of ether oxygens (including phenoxy) is 2. The van der Waals surface area contributed by atoms with Gasteiger partial charge in [-0.3, -0.25) is 13.9 Å². The normalized spacial score (nSPS) is 13.1. The molecule has 2 aromatic carbocycles. The molecule has 2 heterocycles. The molecule has 0 atom stereocenters. The first-order valence-corrected chi connectivity index (χ1v) is 9.80. The SMILES string of the molecule is CCn1c(=O)n(CCC(=O)NC(C)(C)c2ccc3c(c2)OCO3)c2ccccc21. The zero-order valence-corrected chi connectivity index (χ0v) is 16.9. The number of carbonyl (C=O) groups is 1. The van der Waals surface area contributed by atoms with Crippen molar-refractivity contribution < 1.29 is 14.3 Å². The zero-order valence-electron chi connectivity index (χ0n) is 16.9. The number of fused-ring (bicyclic) bond motifs is 2. The average molecular weight is 395 g/mol. The summed E-state index contributed by atoms with van der Waals surface area (Å²) in [7, 11) is 0. The molecule has 0 bridgehead atoms. The van der Waals surface area contributed by atoms with Crippen LogP contribution in [-0.2, 0) is 23.4 Å². The number of para-hydroxylation sites is 2. The van der Waals surface area contributed by atoms with Crippen LogP contribution in [0.15, 0.2) is 47.3 Å². The molecule has 0 fully saturated rings. The van der Waals surface area contributed by atoms with Gasteiger partial charge in [-0.25, -0.2) is 4.79 Å². The third kappa shape index (κ3) is 3.48. The van der Waals surface area contributed by atoms with E-state index in [0.29, 0.717) is 24.6 Å². The number of nitrogens with zero attached hydrogens (tertiary/aromatic N) is 2. The number of benzene rings is 2. The van der Waals surface area contributed by atoms with Crippen molar-refractivity contribution in [2.75, 3.05) is 6.79 Å². The summed E-state index contributed by atoms with van der Waals surface area (Å²) in [5.74, 6) is 1.28. The molecule has 7 heteroatoms. The van der Waals surface area contributed by atoms with Crippen LogP contribution in [0, 0.1) is 0 Å². The Morgan fingerprint density at radius 2 is 1.76 bits per heavy atom. The Labute approximate surface area is 168 Å². The number of aromatic nitrogens is 2. The molecule has 7 nitrogen and oxygen atoms in total. The highest BCUT2D eigenvalue weighted by Crippen LogP contribution is 2.35. The van der Waals surface area contributed by atoms with Crippen molar-refractivity contribution >= 4 is 16.9 Å². The van der Waals surface area contributed by atoms with Gasteiger partial charge in [0.15, 0.2) is 11.5 Å². The third-order valence-corrected chi connectivity index (χ3v) is 5.35. The number of aryl methyl sites for hydroxylation is 2. The molecule has 1 aliphatic heterocycles. The quantitative estimate of drug-likeness (QED) is 0.696. The molecular formula is C22H25N3O4. The van der Waals surface area contributed by atoms with Crippen LogP contribution in [0.5, 0.6) is 11.5 Å². The summed E-state index contributed by atoms with van der Waals surface area (Å²) in [5.41, 5.74) is 2.00. The maximum absolute atomic E-state index is 12.7. The first-order valence-electron chi connectivity index (χ1n) is 9.80. The maximum Gasteiger partial charge on any atom is 0.329 e. The predicted molar refractivity (Wildman–Crippen MR) is 110 cm³/mol. The van der Waals surface area contributed by atoms with Gasteiger partial charge in [-0.1, -0.05) is 18.2 Å². The fraction of sp³-hybridized carbons (Fsp3) is 0.364. The van der Waals surface area contributed by atoms with Crippen molar-refractivity contribution in [1.82, 2.24) is 14.5 Å². The monoisotopic (exact) mass is 395 g/mol.